The van der Waals surface area contributed by atoms with Crippen molar-refractivity contribution in [1.29, 1.82) is 0 Å². The van der Waals surface area contributed by atoms with Gasteiger partial charge in [-0.05, 0) is 51.8 Å². The minimum absolute atomic E-state index is 0.205. The van der Waals surface area contributed by atoms with Crippen LogP contribution in [0.2, 0.25) is 0 Å². The molecule has 1 heterocycles. The molecule has 1 saturated carbocycles. The standard InChI is InChI=1S/C21H29N3O4/c1-5-26-18-10-15(11-19(27-6-2)20(18)28-7-3)21(25)22-13-16-12-17(14-8-9-14)24(4)23-16/h10-12,14H,5-9,13H2,1-4H3,(H,22,25). The normalized spacial score (nSPS) is 13.3. The van der Waals surface area contributed by atoms with E-state index in [0.717, 1.165) is 5.69 Å². The highest BCUT2D eigenvalue weighted by Crippen LogP contribution is 2.40. The van der Waals surface area contributed by atoms with Crippen molar-refractivity contribution in [2.75, 3.05) is 19.8 Å². The second-order valence-corrected chi connectivity index (χ2v) is 6.74. The summed E-state index contributed by atoms with van der Waals surface area (Å²) in [5, 5.41) is 7.44. The van der Waals surface area contributed by atoms with Crippen LogP contribution in [0.15, 0.2) is 18.2 Å². The minimum atomic E-state index is -0.205. The number of benzene rings is 1. The molecule has 1 aromatic carbocycles. The number of carbonyl (C=O) groups excluding carboxylic acids is 1. The third-order valence-electron chi connectivity index (χ3n) is 4.56. The predicted molar refractivity (Wildman–Crippen MR) is 106 cm³/mol. The largest absolute Gasteiger partial charge is 0.490 e. The number of aryl methyl sites for hydroxylation is 1. The molecule has 28 heavy (non-hydrogen) atoms. The fourth-order valence-electron chi connectivity index (χ4n) is 3.18. The summed E-state index contributed by atoms with van der Waals surface area (Å²) in [6.45, 7) is 7.47. The first-order valence-corrected chi connectivity index (χ1v) is 9.94. The monoisotopic (exact) mass is 387 g/mol. The lowest BCUT2D eigenvalue weighted by Crippen LogP contribution is -2.23. The van der Waals surface area contributed by atoms with E-state index in [1.165, 1.54) is 18.5 Å². The van der Waals surface area contributed by atoms with Crippen molar-refractivity contribution in [1.82, 2.24) is 15.1 Å². The summed E-state index contributed by atoms with van der Waals surface area (Å²) in [7, 11) is 1.95. The zero-order chi connectivity index (χ0) is 20.1. The maximum absolute atomic E-state index is 12.7. The average molecular weight is 387 g/mol. The number of hydrogen-bond donors (Lipinski definition) is 1. The molecule has 1 aromatic heterocycles. The van der Waals surface area contributed by atoms with Crippen LogP contribution in [0.4, 0.5) is 0 Å². The number of carbonyl (C=O) groups is 1. The van der Waals surface area contributed by atoms with Gasteiger partial charge in [0.2, 0.25) is 5.75 Å². The second-order valence-electron chi connectivity index (χ2n) is 6.74. The number of hydrogen-bond acceptors (Lipinski definition) is 5. The number of ether oxygens (including phenoxy) is 3. The number of rotatable bonds is 10. The van der Waals surface area contributed by atoms with E-state index in [-0.39, 0.29) is 5.91 Å². The summed E-state index contributed by atoms with van der Waals surface area (Å²) in [6, 6.07) is 5.47. The zero-order valence-electron chi connectivity index (χ0n) is 17.1. The molecule has 0 spiro atoms. The number of nitrogens with one attached hydrogen (secondary N) is 1. The molecule has 1 fully saturated rings. The smallest absolute Gasteiger partial charge is 0.251 e. The molecule has 0 aliphatic heterocycles. The van der Waals surface area contributed by atoms with Crippen LogP contribution >= 0.6 is 0 Å². The average Bonchev–Trinajstić information content (AvgIpc) is 3.45. The summed E-state index contributed by atoms with van der Waals surface area (Å²) in [5.74, 6) is 1.96. The third kappa shape index (κ3) is 4.58. The van der Waals surface area contributed by atoms with Crippen molar-refractivity contribution < 1.29 is 19.0 Å². The first-order valence-electron chi connectivity index (χ1n) is 9.94. The van der Waals surface area contributed by atoms with Crippen molar-refractivity contribution in [2.45, 2.75) is 46.1 Å². The van der Waals surface area contributed by atoms with Gasteiger partial charge in [0.1, 0.15) is 0 Å². The Hall–Kier alpha value is -2.70. The molecule has 0 bridgehead atoms. The summed E-state index contributed by atoms with van der Waals surface area (Å²) in [6.07, 6.45) is 2.44. The van der Waals surface area contributed by atoms with Gasteiger partial charge in [-0.25, -0.2) is 0 Å². The Bertz CT molecular complexity index is 800. The first kappa shape index (κ1) is 20.0. The van der Waals surface area contributed by atoms with Crippen molar-refractivity contribution in [3.63, 3.8) is 0 Å². The molecular formula is C21H29N3O4. The number of amides is 1. The SMILES string of the molecule is CCOc1cc(C(=O)NCc2cc(C3CC3)n(C)n2)cc(OCC)c1OCC. The van der Waals surface area contributed by atoms with Gasteiger partial charge in [-0.3, -0.25) is 9.48 Å². The Labute approximate surface area is 166 Å². The molecule has 2 aromatic rings. The molecule has 0 unspecified atom stereocenters. The van der Waals surface area contributed by atoms with Crippen LogP contribution in [0.1, 0.15) is 61.3 Å². The molecular weight excluding hydrogens is 358 g/mol. The van der Waals surface area contributed by atoms with E-state index in [4.69, 9.17) is 14.2 Å². The molecule has 1 N–H and O–H groups in total. The van der Waals surface area contributed by atoms with E-state index in [2.05, 4.69) is 16.5 Å². The highest BCUT2D eigenvalue weighted by atomic mass is 16.5. The Morgan fingerprint density at radius 3 is 2.21 bits per heavy atom. The van der Waals surface area contributed by atoms with Gasteiger partial charge < -0.3 is 19.5 Å². The van der Waals surface area contributed by atoms with Crippen molar-refractivity contribution in [2.24, 2.45) is 7.05 Å². The van der Waals surface area contributed by atoms with Crippen molar-refractivity contribution in [3.8, 4) is 17.2 Å². The molecule has 7 nitrogen and oxygen atoms in total. The van der Waals surface area contributed by atoms with Crippen molar-refractivity contribution >= 4 is 5.91 Å². The Morgan fingerprint density at radius 1 is 1.07 bits per heavy atom. The van der Waals surface area contributed by atoms with Crippen LogP contribution in [0.5, 0.6) is 17.2 Å². The quantitative estimate of drug-likeness (QED) is 0.676. The maximum Gasteiger partial charge on any atom is 0.251 e. The summed E-state index contributed by atoms with van der Waals surface area (Å²) < 4.78 is 19.0. The predicted octanol–water partition coefficient (Wildman–Crippen LogP) is 3.42. The van der Waals surface area contributed by atoms with Gasteiger partial charge in [0.05, 0.1) is 32.1 Å². The van der Waals surface area contributed by atoms with Gasteiger partial charge >= 0.3 is 0 Å². The minimum Gasteiger partial charge on any atom is -0.490 e. The number of aromatic nitrogens is 2. The van der Waals surface area contributed by atoms with Crippen LogP contribution in [-0.4, -0.2) is 35.5 Å². The van der Waals surface area contributed by atoms with E-state index in [1.54, 1.807) is 12.1 Å². The fraction of sp³-hybridized carbons (Fsp3) is 0.524. The van der Waals surface area contributed by atoms with Gasteiger partial charge in [0, 0.05) is 24.2 Å². The Balaban J connectivity index is 1.76. The first-order chi connectivity index (χ1) is 13.6. The van der Waals surface area contributed by atoms with Crippen LogP contribution in [-0.2, 0) is 13.6 Å². The molecule has 1 aliphatic rings. The van der Waals surface area contributed by atoms with Gasteiger partial charge in [-0.1, -0.05) is 0 Å². The summed E-state index contributed by atoms with van der Waals surface area (Å²) in [5.41, 5.74) is 2.56. The molecule has 1 amide bonds. The molecule has 0 radical (unpaired) electrons. The lowest BCUT2D eigenvalue weighted by atomic mass is 10.1. The maximum atomic E-state index is 12.7. The lowest BCUT2D eigenvalue weighted by Gasteiger charge is -2.17. The van der Waals surface area contributed by atoms with E-state index >= 15 is 0 Å². The molecule has 0 saturated heterocycles. The molecule has 7 heteroatoms. The lowest BCUT2D eigenvalue weighted by molar-refractivity contribution is 0.0949. The second kappa shape index (κ2) is 8.99. The number of nitrogens with zero attached hydrogens (tertiary/aromatic N) is 2. The van der Waals surface area contributed by atoms with Gasteiger partial charge in [0.15, 0.2) is 11.5 Å². The van der Waals surface area contributed by atoms with Crippen LogP contribution in [0.25, 0.3) is 0 Å². The molecule has 152 valence electrons. The van der Waals surface area contributed by atoms with Gasteiger partial charge in [0.25, 0.3) is 5.91 Å². The van der Waals surface area contributed by atoms with Gasteiger partial charge in [-0.2, -0.15) is 5.10 Å². The van der Waals surface area contributed by atoms with Gasteiger partial charge in [-0.15, -0.1) is 0 Å². The van der Waals surface area contributed by atoms with Crippen LogP contribution < -0.4 is 19.5 Å². The van der Waals surface area contributed by atoms with Crippen LogP contribution in [0, 0.1) is 0 Å². The molecule has 0 atom stereocenters. The topological polar surface area (TPSA) is 74.6 Å². The fourth-order valence-corrected chi connectivity index (χ4v) is 3.18. The van der Waals surface area contributed by atoms with Crippen molar-refractivity contribution in [3.05, 3.63) is 35.2 Å². The van der Waals surface area contributed by atoms with E-state index in [9.17, 15) is 4.79 Å². The third-order valence-corrected chi connectivity index (χ3v) is 4.56. The van der Waals surface area contributed by atoms with E-state index in [1.807, 2.05) is 32.5 Å². The van der Waals surface area contributed by atoms with E-state index < -0.39 is 0 Å². The summed E-state index contributed by atoms with van der Waals surface area (Å²) in [4.78, 5) is 12.7. The Kier molecular flexibility index (Phi) is 6.44. The van der Waals surface area contributed by atoms with E-state index in [0.29, 0.717) is 55.1 Å². The zero-order valence-corrected chi connectivity index (χ0v) is 17.1. The van der Waals surface area contributed by atoms with Crippen LogP contribution in [0.3, 0.4) is 0 Å². The molecule has 3 rings (SSSR count). The summed E-state index contributed by atoms with van der Waals surface area (Å²) >= 11 is 0. The Morgan fingerprint density at radius 2 is 1.68 bits per heavy atom. The highest BCUT2D eigenvalue weighted by molar-refractivity contribution is 5.95. The highest BCUT2D eigenvalue weighted by Gasteiger charge is 2.27. The molecule has 1 aliphatic carbocycles.